The summed E-state index contributed by atoms with van der Waals surface area (Å²) in [6.45, 7) is 0.780. The molecule has 21 heavy (non-hydrogen) atoms. The van der Waals surface area contributed by atoms with Gasteiger partial charge in [0.2, 0.25) is 0 Å². The van der Waals surface area contributed by atoms with Gasteiger partial charge in [0.15, 0.2) is 0 Å². The first-order chi connectivity index (χ1) is 10.1. The van der Waals surface area contributed by atoms with E-state index in [0.29, 0.717) is 24.8 Å². The van der Waals surface area contributed by atoms with Gasteiger partial charge in [0, 0.05) is 12.6 Å². The molecule has 0 spiro atoms. The fraction of sp³-hybridized carbons (Fsp3) is 0.875. The van der Waals surface area contributed by atoms with Crippen molar-refractivity contribution in [1.82, 2.24) is 10.2 Å². The van der Waals surface area contributed by atoms with Crippen molar-refractivity contribution in [1.29, 1.82) is 0 Å². The van der Waals surface area contributed by atoms with Crippen LogP contribution in [0, 0.1) is 5.92 Å². The zero-order valence-electron chi connectivity index (χ0n) is 12.6. The normalized spacial score (nSPS) is 29.0. The Balaban J connectivity index is 1.67. The Bertz CT molecular complexity index is 412. The van der Waals surface area contributed by atoms with Gasteiger partial charge in [-0.25, -0.2) is 9.59 Å². The number of hydrogen-bond acceptors (Lipinski definition) is 2. The number of carboxylic acid groups (broad SMARTS) is 1. The number of likely N-dealkylation sites (tertiary alicyclic amines) is 1. The summed E-state index contributed by atoms with van der Waals surface area (Å²) in [6.07, 6.45) is 10.0. The van der Waals surface area contributed by atoms with Gasteiger partial charge >= 0.3 is 12.0 Å². The smallest absolute Gasteiger partial charge is 0.329 e. The lowest BCUT2D eigenvalue weighted by Crippen LogP contribution is -2.57. The van der Waals surface area contributed by atoms with Gasteiger partial charge in [-0.2, -0.15) is 0 Å². The highest BCUT2D eigenvalue weighted by molar-refractivity contribution is 5.86. The van der Waals surface area contributed by atoms with Crippen LogP contribution in [0.2, 0.25) is 0 Å². The van der Waals surface area contributed by atoms with Crippen molar-refractivity contribution in [2.24, 2.45) is 5.92 Å². The number of amides is 2. The average molecular weight is 294 g/mol. The minimum atomic E-state index is -1.01. The number of carbonyl (C=O) groups excluding carboxylic acids is 1. The predicted molar refractivity (Wildman–Crippen MR) is 79.1 cm³/mol. The van der Waals surface area contributed by atoms with E-state index in [-0.39, 0.29) is 6.03 Å². The van der Waals surface area contributed by atoms with E-state index in [2.05, 4.69) is 5.32 Å². The summed E-state index contributed by atoms with van der Waals surface area (Å²) < 4.78 is 0. The Morgan fingerprint density at radius 2 is 1.67 bits per heavy atom. The maximum absolute atomic E-state index is 12.6. The number of carboxylic acids is 1. The fourth-order valence-corrected chi connectivity index (χ4v) is 4.52. The van der Waals surface area contributed by atoms with Crippen molar-refractivity contribution in [3.63, 3.8) is 0 Å². The number of urea groups is 1. The van der Waals surface area contributed by atoms with Gasteiger partial charge in [-0.15, -0.1) is 0 Å². The molecule has 2 aliphatic carbocycles. The molecule has 2 amide bonds. The lowest BCUT2D eigenvalue weighted by Gasteiger charge is -2.33. The lowest BCUT2D eigenvalue weighted by molar-refractivity contribution is -0.144. The molecule has 2 N–H and O–H groups in total. The third-order valence-electron chi connectivity index (χ3n) is 5.72. The highest BCUT2D eigenvalue weighted by Gasteiger charge is 2.45. The third kappa shape index (κ3) is 2.74. The molecule has 5 heteroatoms. The van der Waals surface area contributed by atoms with Crippen LogP contribution < -0.4 is 5.32 Å². The molecule has 1 aliphatic heterocycles. The quantitative estimate of drug-likeness (QED) is 0.841. The van der Waals surface area contributed by atoms with Gasteiger partial charge < -0.3 is 15.3 Å². The van der Waals surface area contributed by atoms with Crippen LogP contribution in [0.15, 0.2) is 0 Å². The average Bonchev–Trinajstić information content (AvgIpc) is 3.19. The Morgan fingerprint density at radius 3 is 2.29 bits per heavy atom. The molecule has 1 atom stereocenters. The molecule has 5 nitrogen and oxygen atoms in total. The molecule has 0 aromatic carbocycles. The first kappa shape index (κ1) is 14.7. The van der Waals surface area contributed by atoms with Crippen LogP contribution in [-0.4, -0.2) is 40.1 Å². The summed E-state index contributed by atoms with van der Waals surface area (Å²) >= 11 is 0. The van der Waals surface area contributed by atoms with E-state index < -0.39 is 11.5 Å². The fourth-order valence-electron chi connectivity index (χ4n) is 4.52. The maximum Gasteiger partial charge on any atom is 0.329 e. The molecule has 3 rings (SSSR count). The molecule has 3 aliphatic rings. The summed E-state index contributed by atoms with van der Waals surface area (Å²) in [5.74, 6) is -0.243. The second-order valence-electron chi connectivity index (χ2n) is 6.97. The highest BCUT2D eigenvalue weighted by Crippen LogP contribution is 2.36. The molecule has 3 fully saturated rings. The molecular weight excluding hydrogens is 268 g/mol. The first-order valence-corrected chi connectivity index (χ1v) is 8.45. The topological polar surface area (TPSA) is 69.6 Å². The second-order valence-corrected chi connectivity index (χ2v) is 6.97. The summed E-state index contributed by atoms with van der Waals surface area (Å²) in [4.78, 5) is 26.1. The van der Waals surface area contributed by atoms with Gasteiger partial charge in [-0.3, -0.25) is 0 Å². The first-order valence-electron chi connectivity index (χ1n) is 8.45. The largest absolute Gasteiger partial charge is 0.480 e. The van der Waals surface area contributed by atoms with Crippen LogP contribution in [0.1, 0.15) is 64.2 Å². The molecule has 1 unspecified atom stereocenters. The van der Waals surface area contributed by atoms with Crippen molar-refractivity contribution in [3.05, 3.63) is 0 Å². The Hall–Kier alpha value is -1.26. The molecule has 0 aromatic rings. The molecule has 2 saturated carbocycles. The monoisotopic (exact) mass is 294 g/mol. The van der Waals surface area contributed by atoms with Crippen molar-refractivity contribution < 1.29 is 14.7 Å². The van der Waals surface area contributed by atoms with E-state index in [4.69, 9.17) is 0 Å². The molecule has 1 heterocycles. The van der Waals surface area contributed by atoms with E-state index in [1.54, 1.807) is 0 Å². The van der Waals surface area contributed by atoms with Crippen molar-refractivity contribution in [2.45, 2.75) is 75.8 Å². The van der Waals surface area contributed by atoms with E-state index in [1.165, 1.54) is 25.7 Å². The number of aliphatic carboxylic acids is 1. The second kappa shape index (κ2) is 5.85. The van der Waals surface area contributed by atoms with Gasteiger partial charge in [0.1, 0.15) is 5.54 Å². The van der Waals surface area contributed by atoms with Gasteiger partial charge in [0.05, 0.1) is 0 Å². The maximum atomic E-state index is 12.6. The number of hydrogen-bond donors (Lipinski definition) is 2. The summed E-state index contributed by atoms with van der Waals surface area (Å²) in [5, 5.41) is 12.4. The standard InChI is InChI=1S/C16H26N2O3/c19-14(20)16(9-3-4-10-16)17-15(21)18-11-5-8-13(18)12-6-1-2-7-12/h12-13H,1-11H2,(H,17,21)(H,19,20). The Morgan fingerprint density at radius 1 is 1.00 bits per heavy atom. The minimum absolute atomic E-state index is 0.145. The van der Waals surface area contributed by atoms with E-state index >= 15 is 0 Å². The van der Waals surface area contributed by atoms with Gasteiger partial charge in [-0.1, -0.05) is 25.7 Å². The zero-order valence-corrected chi connectivity index (χ0v) is 12.6. The van der Waals surface area contributed by atoms with Crippen molar-refractivity contribution in [3.8, 4) is 0 Å². The number of rotatable bonds is 3. The molecule has 0 radical (unpaired) electrons. The van der Waals surface area contributed by atoms with Crippen LogP contribution in [0.5, 0.6) is 0 Å². The molecule has 1 saturated heterocycles. The summed E-state index contributed by atoms with van der Waals surface area (Å²) in [5.41, 5.74) is -1.01. The predicted octanol–water partition coefficient (Wildman–Crippen LogP) is 2.75. The molecule has 0 bridgehead atoms. The van der Waals surface area contributed by atoms with Crippen LogP contribution >= 0.6 is 0 Å². The summed E-state index contributed by atoms with van der Waals surface area (Å²) in [6, 6.07) is 0.188. The van der Waals surface area contributed by atoms with Crippen LogP contribution in [0.25, 0.3) is 0 Å². The van der Waals surface area contributed by atoms with Gasteiger partial charge in [-0.05, 0) is 44.4 Å². The molecule has 118 valence electrons. The number of carbonyl (C=O) groups is 2. The Kier molecular flexibility index (Phi) is 4.09. The van der Waals surface area contributed by atoms with E-state index in [9.17, 15) is 14.7 Å². The van der Waals surface area contributed by atoms with E-state index in [1.807, 2.05) is 4.90 Å². The van der Waals surface area contributed by atoms with Crippen molar-refractivity contribution >= 4 is 12.0 Å². The highest BCUT2D eigenvalue weighted by atomic mass is 16.4. The van der Waals surface area contributed by atoms with Crippen molar-refractivity contribution in [2.75, 3.05) is 6.54 Å². The minimum Gasteiger partial charge on any atom is -0.480 e. The Labute approximate surface area is 126 Å². The SMILES string of the molecule is O=C(NC1(C(=O)O)CCCC1)N1CCCC1C1CCCC1. The van der Waals surface area contributed by atoms with Crippen LogP contribution in [0.4, 0.5) is 4.79 Å². The third-order valence-corrected chi connectivity index (χ3v) is 5.72. The van der Waals surface area contributed by atoms with Crippen LogP contribution in [0.3, 0.4) is 0 Å². The van der Waals surface area contributed by atoms with Crippen LogP contribution in [-0.2, 0) is 4.79 Å². The zero-order chi connectivity index (χ0) is 14.9. The molecular formula is C16H26N2O3. The number of nitrogens with zero attached hydrogens (tertiary/aromatic N) is 1. The summed E-state index contributed by atoms with van der Waals surface area (Å²) in [7, 11) is 0. The van der Waals surface area contributed by atoms with Gasteiger partial charge in [0.25, 0.3) is 0 Å². The van der Waals surface area contributed by atoms with E-state index in [0.717, 1.165) is 32.2 Å². The molecule has 0 aromatic heterocycles. The lowest BCUT2D eigenvalue weighted by atomic mass is 9.95. The number of nitrogens with one attached hydrogen (secondary N) is 1.